The highest BCUT2D eigenvalue weighted by Gasteiger charge is 2.36. The number of pyridine rings is 1. The summed E-state index contributed by atoms with van der Waals surface area (Å²) in [5, 5.41) is 2.11. The van der Waals surface area contributed by atoms with Gasteiger partial charge in [0.2, 0.25) is 5.91 Å². The average molecular weight is 416 g/mol. The Bertz CT molecular complexity index is 883. The van der Waals surface area contributed by atoms with Gasteiger partial charge in [-0.1, -0.05) is 59.7 Å². The zero-order chi connectivity index (χ0) is 22.0. The molecule has 2 aromatic rings. The Morgan fingerprint density at radius 3 is 2.10 bits per heavy atom. The van der Waals surface area contributed by atoms with Gasteiger partial charge in [0.1, 0.15) is 5.38 Å². The van der Waals surface area contributed by atoms with Gasteiger partial charge in [-0.3, -0.25) is 14.5 Å². The van der Waals surface area contributed by atoms with E-state index in [9.17, 15) is 9.59 Å². The SMILES string of the molecule is CC(=O)Nc1c(C(C)(C)C)ccnc1N(C(=O)C(Cl)C(C)(C)C)c1ccccc1. The predicted octanol–water partition coefficient (Wildman–Crippen LogP) is 5.66. The topological polar surface area (TPSA) is 62.3 Å². The smallest absolute Gasteiger partial charge is 0.251 e. The van der Waals surface area contributed by atoms with Crippen molar-refractivity contribution >= 4 is 40.6 Å². The third-order valence-corrected chi connectivity index (χ3v) is 5.31. The minimum absolute atomic E-state index is 0.233. The zero-order valence-corrected chi connectivity index (χ0v) is 19.0. The Kier molecular flexibility index (Phi) is 6.74. The molecule has 1 aromatic carbocycles. The summed E-state index contributed by atoms with van der Waals surface area (Å²) in [6.07, 6.45) is 1.66. The number of carbonyl (C=O) groups is 2. The summed E-state index contributed by atoms with van der Waals surface area (Å²) in [6, 6.07) is 11.1. The van der Waals surface area contributed by atoms with Gasteiger partial charge >= 0.3 is 0 Å². The van der Waals surface area contributed by atoms with E-state index in [0.717, 1.165) is 5.56 Å². The van der Waals surface area contributed by atoms with Crippen LogP contribution in [0.4, 0.5) is 17.2 Å². The first-order valence-electron chi connectivity index (χ1n) is 9.64. The lowest BCUT2D eigenvalue weighted by Gasteiger charge is -2.33. The molecule has 2 amide bonds. The van der Waals surface area contributed by atoms with Crippen LogP contribution in [-0.4, -0.2) is 22.2 Å². The first-order valence-corrected chi connectivity index (χ1v) is 10.1. The maximum Gasteiger partial charge on any atom is 0.251 e. The fraction of sp³-hybridized carbons (Fsp3) is 0.435. The molecule has 0 aliphatic carbocycles. The molecule has 1 heterocycles. The monoisotopic (exact) mass is 415 g/mol. The number of hydrogen-bond acceptors (Lipinski definition) is 3. The molecule has 5 nitrogen and oxygen atoms in total. The van der Waals surface area contributed by atoms with Crippen LogP contribution in [0.1, 0.15) is 54.0 Å². The van der Waals surface area contributed by atoms with Crippen LogP contribution in [0.5, 0.6) is 0 Å². The van der Waals surface area contributed by atoms with Gasteiger partial charge in [0.15, 0.2) is 5.82 Å². The van der Waals surface area contributed by atoms with E-state index in [2.05, 4.69) is 10.3 Å². The standard InChI is InChI=1S/C23H30ClN3O2/c1-15(28)26-18-17(22(2,3)4)13-14-25-20(18)27(16-11-9-8-10-12-16)21(29)19(24)23(5,6)7/h8-14,19H,1-7H3,(H,26,28). The lowest BCUT2D eigenvalue weighted by molar-refractivity contribution is -0.119. The molecule has 0 fully saturated rings. The Hall–Kier alpha value is -2.40. The van der Waals surface area contributed by atoms with E-state index < -0.39 is 10.8 Å². The van der Waals surface area contributed by atoms with Crippen LogP contribution in [0.25, 0.3) is 0 Å². The molecule has 0 saturated carbocycles. The van der Waals surface area contributed by atoms with Crippen LogP contribution >= 0.6 is 11.6 Å². The number of para-hydroxylation sites is 1. The Morgan fingerprint density at radius 1 is 1.03 bits per heavy atom. The lowest BCUT2D eigenvalue weighted by atomic mass is 9.86. The summed E-state index contributed by atoms with van der Waals surface area (Å²) >= 11 is 6.58. The van der Waals surface area contributed by atoms with E-state index in [-0.39, 0.29) is 17.2 Å². The van der Waals surface area contributed by atoms with Gasteiger partial charge < -0.3 is 5.32 Å². The minimum atomic E-state index is -0.784. The van der Waals surface area contributed by atoms with Crippen molar-refractivity contribution in [2.75, 3.05) is 10.2 Å². The number of benzene rings is 1. The fourth-order valence-electron chi connectivity index (χ4n) is 2.96. The third kappa shape index (κ3) is 5.36. The van der Waals surface area contributed by atoms with E-state index in [1.54, 1.807) is 6.20 Å². The lowest BCUT2D eigenvalue weighted by Crippen LogP contribution is -2.41. The quantitative estimate of drug-likeness (QED) is 0.655. The molecule has 29 heavy (non-hydrogen) atoms. The molecule has 2 rings (SSSR count). The molecule has 1 N–H and O–H groups in total. The summed E-state index contributed by atoms with van der Waals surface area (Å²) in [5.74, 6) is -0.169. The number of hydrogen-bond donors (Lipinski definition) is 1. The molecular formula is C23H30ClN3O2. The van der Waals surface area contributed by atoms with E-state index in [1.165, 1.54) is 11.8 Å². The second kappa shape index (κ2) is 8.54. The summed E-state index contributed by atoms with van der Waals surface area (Å²) in [7, 11) is 0. The number of amides is 2. The van der Waals surface area contributed by atoms with Crippen LogP contribution in [0.15, 0.2) is 42.6 Å². The van der Waals surface area contributed by atoms with Crippen molar-refractivity contribution in [3.63, 3.8) is 0 Å². The maximum absolute atomic E-state index is 13.5. The predicted molar refractivity (Wildman–Crippen MR) is 120 cm³/mol. The molecule has 6 heteroatoms. The van der Waals surface area contributed by atoms with Gasteiger partial charge in [-0.25, -0.2) is 4.98 Å². The summed E-state index contributed by atoms with van der Waals surface area (Å²) in [4.78, 5) is 31.5. The normalized spacial score (nSPS) is 13.0. The summed E-state index contributed by atoms with van der Waals surface area (Å²) in [5.41, 5.74) is 1.31. The highest BCUT2D eigenvalue weighted by molar-refractivity contribution is 6.34. The molecule has 0 aliphatic heterocycles. The van der Waals surface area contributed by atoms with Gasteiger partial charge in [0.25, 0.3) is 5.91 Å². The first kappa shape index (κ1) is 22.9. The van der Waals surface area contributed by atoms with E-state index in [0.29, 0.717) is 17.2 Å². The molecular weight excluding hydrogens is 386 g/mol. The number of anilines is 3. The fourth-order valence-corrected chi connectivity index (χ4v) is 3.06. The number of nitrogens with zero attached hydrogens (tertiary/aromatic N) is 2. The average Bonchev–Trinajstić information content (AvgIpc) is 2.61. The van der Waals surface area contributed by atoms with Gasteiger partial charge in [0.05, 0.1) is 11.4 Å². The van der Waals surface area contributed by atoms with Gasteiger partial charge in [-0.05, 0) is 34.6 Å². The number of alkyl halides is 1. The van der Waals surface area contributed by atoms with E-state index in [4.69, 9.17) is 11.6 Å². The molecule has 0 saturated heterocycles. The number of aromatic nitrogens is 1. The van der Waals surface area contributed by atoms with Crippen molar-refractivity contribution in [1.82, 2.24) is 4.98 Å². The molecule has 156 valence electrons. The minimum Gasteiger partial charge on any atom is -0.323 e. The van der Waals surface area contributed by atoms with Crippen LogP contribution < -0.4 is 10.2 Å². The Labute approximate surface area is 178 Å². The number of carbonyl (C=O) groups excluding carboxylic acids is 2. The molecule has 0 spiro atoms. The van der Waals surface area contributed by atoms with Crippen LogP contribution in [-0.2, 0) is 15.0 Å². The molecule has 1 aromatic heterocycles. The maximum atomic E-state index is 13.5. The Morgan fingerprint density at radius 2 is 1.62 bits per heavy atom. The number of nitrogens with one attached hydrogen (secondary N) is 1. The van der Waals surface area contributed by atoms with Crippen molar-refractivity contribution in [2.45, 2.75) is 59.3 Å². The summed E-state index contributed by atoms with van der Waals surface area (Å²) < 4.78 is 0. The van der Waals surface area contributed by atoms with Crippen molar-refractivity contribution < 1.29 is 9.59 Å². The number of halogens is 1. The van der Waals surface area contributed by atoms with Crippen LogP contribution in [0.2, 0.25) is 0 Å². The molecule has 1 unspecified atom stereocenters. The largest absolute Gasteiger partial charge is 0.323 e. The van der Waals surface area contributed by atoms with Gasteiger partial charge in [-0.2, -0.15) is 0 Å². The summed E-state index contributed by atoms with van der Waals surface area (Å²) in [6.45, 7) is 13.3. The van der Waals surface area contributed by atoms with Gasteiger partial charge in [0, 0.05) is 13.1 Å². The van der Waals surface area contributed by atoms with Crippen molar-refractivity contribution in [1.29, 1.82) is 0 Å². The van der Waals surface area contributed by atoms with Crippen LogP contribution in [0, 0.1) is 5.41 Å². The number of rotatable bonds is 4. The van der Waals surface area contributed by atoms with Crippen molar-refractivity contribution in [3.8, 4) is 0 Å². The first-order chi connectivity index (χ1) is 13.3. The molecule has 0 bridgehead atoms. The molecule has 0 aliphatic rings. The van der Waals surface area contributed by atoms with Crippen molar-refractivity contribution in [3.05, 3.63) is 48.2 Å². The van der Waals surface area contributed by atoms with E-state index in [1.807, 2.05) is 77.9 Å². The third-order valence-electron chi connectivity index (χ3n) is 4.46. The Balaban J connectivity index is 2.78. The highest BCUT2D eigenvalue weighted by atomic mass is 35.5. The molecule has 0 radical (unpaired) electrons. The van der Waals surface area contributed by atoms with Crippen LogP contribution in [0.3, 0.4) is 0 Å². The van der Waals surface area contributed by atoms with Gasteiger partial charge in [-0.15, -0.1) is 11.6 Å². The zero-order valence-electron chi connectivity index (χ0n) is 18.2. The second-order valence-electron chi connectivity index (χ2n) is 9.23. The highest BCUT2D eigenvalue weighted by Crippen LogP contribution is 2.40. The molecule has 1 atom stereocenters. The van der Waals surface area contributed by atoms with Crippen molar-refractivity contribution in [2.24, 2.45) is 5.41 Å². The van der Waals surface area contributed by atoms with E-state index >= 15 is 0 Å². The second-order valence-corrected chi connectivity index (χ2v) is 9.66.